The molecule has 24 heavy (non-hydrogen) atoms. The number of aromatic amines is 1. The topological polar surface area (TPSA) is 129 Å². The monoisotopic (exact) mass is 330 g/mol. The Morgan fingerprint density at radius 2 is 2.04 bits per heavy atom. The number of aromatic nitrogens is 3. The van der Waals surface area contributed by atoms with Gasteiger partial charge in [0.25, 0.3) is 5.91 Å². The van der Waals surface area contributed by atoms with Crippen LogP contribution in [0, 0.1) is 6.92 Å². The van der Waals surface area contributed by atoms with Gasteiger partial charge in [0.15, 0.2) is 5.82 Å². The first-order valence-electron chi connectivity index (χ1n) is 7.76. The molecule has 9 nitrogen and oxygen atoms in total. The number of carbonyl (C=O) groups is 1. The summed E-state index contributed by atoms with van der Waals surface area (Å²) in [4.78, 5) is 20.6. The van der Waals surface area contributed by atoms with Crippen LogP contribution in [0.4, 0.5) is 23.1 Å². The molecule has 0 atom stereocenters. The summed E-state index contributed by atoms with van der Waals surface area (Å²) >= 11 is 0. The zero-order valence-corrected chi connectivity index (χ0v) is 13.8. The lowest BCUT2D eigenvalue weighted by molar-refractivity contribution is 0.100. The van der Waals surface area contributed by atoms with Gasteiger partial charge in [-0.15, -0.1) is 0 Å². The number of hydrogen-bond donors (Lipinski definition) is 4. The molecule has 1 amide bonds. The Balaban J connectivity index is 1.79. The molecule has 1 fully saturated rings. The average Bonchev–Trinajstić information content (AvgIpc) is 2.89. The zero-order chi connectivity index (χ0) is 17.3. The van der Waals surface area contributed by atoms with Gasteiger partial charge in [0.2, 0.25) is 0 Å². The third-order valence-electron chi connectivity index (χ3n) is 4.16. The lowest BCUT2D eigenvalue weighted by Crippen LogP contribution is -2.45. The molecule has 2 aromatic heterocycles. The van der Waals surface area contributed by atoms with Crippen LogP contribution in [0.3, 0.4) is 0 Å². The van der Waals surface area contributed by atoms with Crippen molar-refractivity contribution in [1.29, 1.82) is 0 Å². The van der Waals surface area contributed by atoms with Crippen LogP contribution in [-0.4, -0.2) is 59.2 Å². The van der Waals surface area contributed by atoms with E-state index in [1.807, 2.05) is 13.0 Å². The molecule has 2 aromatic rings. The number of likely N-dealkylation sites (N-methyl/N-ethyl adjacent to an activating group) is 1. The summed E-state index contributed by atoms with van der Waals surface area (Å²) < 4.78 is 0. The summed E-state index contributed by atoms with van der Waals surface area (Å²) in [5, 5.41) is 9.57. The van der Waals surface area contributed by atoms with Crippen LogP contribution in [0.1, 0.15) is 15.9 Å². The maximum atomic E-state index is 11.5. The molecular formula is C15H22N8O. The van der Waals surface area contributed by atoms with E-state index in [0.29, 0.717) is 5.82 Å². The predicted octanol–water partition coefficient (Wildman–Crippen LogP) is 0.290. The number of nitrogens with two attached hydrogens (primary N) is 2. The summed E-state index contributed by atoms with van der Waals surface area (Å²) in [6, 6.07) is 1.97. The van der Waals surface area contributed by atoms with Crippen LogP contribution < -0.4 is 21.7 Å². The number of nitrogen functional groups attached to an aromatic ring is 1. The number of rotatable bonds is 4. The van der Waals surface area contributed by atoms with Gasteiger partial charge in [-0.25, -0.2) is 4.98 Å². The number of aryl methyl sites for hydroxylation is 1. The minimum atomic E-state index is -0.637. The van der Waals surface area contributed by atoms with E-state index in [2.05, 4.69) is 37.3 Å². The van der Waals surface area contributed by atoms with E-state index in [0.717, 1.165) is 43.2 Å². The number of nitrogens with one attached hydrogen (secondary N) is 2. The summed E-state index contributed by atoms with van der Waals surface area (Å²) in [5.41, 5.74) is 12.9. The number of amides is 1. The van der Waals surface area contributed by atoms with Crippen molar-refractivity contribution in [3.05, 3.63) is 23.4 Å². The second-order valence-corrected chi connectivity index (χ2v) is 6.00. The Labute approximate surface area is 140 Å². The van der Waals surface area contributed by atoms with Gasteiger partial charge in [-0.05, 0) is 25.6 Å². The number of pyridine rings is 1. The highest BCUT2D eigenvalue weighted by atomic mass is 16.1. The Morgan fingerprint density at radius 1 is 1.33 bits per heavy atom. The van der Waals surface area contributed by atoms with Crippen molar-refractivity contribution in [3.8, 4) is 0 Å². The minimum absolute atomic E-state index is 0.142. The van der Waals surface area contributed by atoms with Gasteiger partial charge in [0, 0.05) is 26.2 Å². The van der Waals surface area contributed by atoms with Crippen LogP contribution in [0.2, 0.25) is 0 Å². The van der Waals surface area contributed by atoms with Gasteiger partial charge in [-0.2, -0.15) is 5.10 Å². The van der Waals surface area contributed by atoms with Crippen molar-refractivity contribution >= 4 is 29.0 Å². The van der Waals surface area contributed by atoms with Crippen molar-refractivity contribution < 1.29 is 4.79 Å². The molecule has 3 heterocycles. The molecule has 128 valence electrons. The Morgan fingerprint density at radius 3 is 2.67 bits per heavy atom. The molecule has 0 aliphatic carbocycles. The maximum absolute atomic E-state index is 11.5. The van der Waals surface area contributed by atoms with E-state index in [-0.39, 0.29) is 11.4 Å². The summed E-state index contributed by atoms with van der Waals surface area (Å²) in [6.07, 6.45) is 1.72. The third-order valence-corrected chi connectivity index (χ3v) is 4.16. The SMILES string of the molecule is Cc1cc(Nc2n[nH]c(N)c2C(N)=O)cnc1N1CCN(C)CC1. The Bertz CT molecular complexity index is 748. The van der Waals surface area contributed by atoms with Gasteiger partial charge in [-0.3, -0.25) is 9.89 Å². The first-order valence-corrected chi connectivity index (χ1v) is 7.76. The van der Waals surface area contributed by atoms with Crippen molar-refractivity contribution in [2.45, 2.75) is 6.92 Å². The van der Waals surface area contributed by atoms with Gasteiger partial charge >= 0.3 is 0 Å². The number of primary amides is 1. The second kappa shape index (κ2) is 6.36. The van der Waals surface area contributed by atoms with Crippen LogP contribution in [0.5, 0.6) is 0 Å². The fraction of sp³-hybridized carbons (Fsp3) is 0.400. The summed E-state index contributed by atoms with van der Waals surface area (Å²) in [7, 11) is 2.12. The lowest BCUT2D eigenvalue weighted by Gasteiger charge is -2.34. The fourth-order valence-corrected chi connectivity index (χ4v) is 2.82. The Hall–Kier alpha value is -2.81. The molecule has 1 aliphatic heterocycles. The molecule has 0 bridgehead atoms. The van der Waals surface area contributed by atoms with Crippen LogP contribution in [0.15, 0.2) is 12.3 Å². The molecular weight excluding hydrogens is 308 g/mol. The summed E-state index contributed by atoms with van der Waals surface area (Å²) in [6.45, 7) is 5.97. The van der Waals surface area contributed by atoms with E-state index < -0.39 is 5.91 Å². The number of piperazine rings is 1. The lowest BCUT2D eigenvalue weighted by atomic mass is 10.2. The van der Waals surface area contributed by atoms with Crippen molar-refractivity contribution in [2.75, 3.05) is 49.2 Å². The first-order chi connectivity index (χ1) is 11.5. The fourth-order valence-electron chi connectivity index (χ4n) is 2.82. The van der Waals surface area contributed by atoms with Crippen molar-refractivity contribution in [2.24, 2.45) is 5.73 Å². The smallest absolute Gasteiger partial charge is 0.256 e. The number of nitrogens with zero attached hydrogens (tertiary/aromatic N) is 4. The molecule has 3 rings (SSSR count). The molecule has 0 aromatic carbocycles. The molecule has 0 unspecified atom stereocenters. The van der Waals surface area contributed by atoms with Gasteiger partial charge in [0.1, 0.15) is 17.2 Å². The normalized spacial score (nSPS) is 15.5. The van der Waals surface area contributed by atoms with Gasteiger partial charge in [0.05, 0.1) is 11.9 Å². The van der Waals surface area contributed by atoms with E-state index in [9.17, 15) is 4.79 Å². The molecule has 6 N–H and O–H groups in total. The highest BCUT2D eigenvalue weighted by Crippen LogP contribution is 2.25. The van der Waals surface area contributed by atoms with Gasteiger partial charge < -0.3 is 26.6 Å². The van der Waals surface area contributed by atoms with E-state index in [1.165, 1.54) is 0 Å². The quantitative estimate of drug-likeness (QED) is 0.634. The largest absolute Gasteiger partial charge is 0.383 e. The molecule has 0 radical (unpaired) electrons. The molecule has 9 heteroatoms. The molecule has 1 aliphatic rings. The third kappa shape index (κ3) is 3.11. The maximum Gasteiger partial charge on any atom is 0.256 e. The van der Waals surface area contributed by atoms with E-state index >= 15 is 0 Å². The molecule has 1 saturated heterocycles. The van der Waals surface area contributed by atoms with Crippen LogP contribution >= 0.6 is 0 Å². The van der Waals surface area contributed by atoms with E-state index in [1.54, 1.807) is 6.20 Å². The minimum Gasteiger partial charge on any atom is -0.383 e. The number of anilines is 4. The number of carbonyl (C=O) groups excluding carboxylic acids is 1. The van der Waals surface area contributed by atoms with Crippen LogP contribution in [0.25, 0.3) is 0 Å². The highest BCUT2D eigenvalue weighted by Gasteiger charge is 2.19. The van der Waals surface area contributed by atoms with Crippen LogP contribution in [-0.2, 0) is 0 Å². The summed E-state index contributed by atoms with van der Waals surface area (Å²) in [5.74, 6) is 0.782. The highest BCUT2D eigenvalue weighted by molar-refractivity contribution is 6.02. The first kappa shape index (κ1) is 16.1. The zero-order valence-electron chi connectivity index (χ0n) is 13.8. The van der Waals surface area contributed by atoms with E-state index in [4.69, 9.17) is 11.5 Å². The Kier molecular flexibility index (Phi) is 4.26. The number of hydrogen-bond acceptors (Lipinski definition) is 7. The standard InChI is InChI=1S/C15H22N8O/c1-9-7-10(19-14-11(13(17)24)12(16)20-21-14)8-18-15(9)23-5-3-22(2)4-6-23/h7-8H,3-6H2,1-2H3,(H2,17,24)(H4,16,19,20,21). The van der Waals surface area contributed by atoms with Gasteiger partial charge in [-0.1, -0.05) is 0 Å². The average molecular weight is 330 g/mol. The number of H-pyrrole nitrogens is 1. The predicted molar refractivity (Wildman–Crippen MR) is 93.5 cm³/mol. The molecule has 0 spiro atoms. The van der Waals surface area contributed by atoms with Crippen molar-refractivity contribution in [3.63, 3.8) is 0 Å². The second-order valence-electron chi connectivity index (χ2n) is 6.00. The molecule has 0 saturated carbocycles. The van der Waals surface area contributed by atoms with Crippen molar-refractivity contribution in [1.82, 2.24) is 20.1 Å².